The summed E-state index contributed by atoms with van der Waals surface area (Å²) in [6.07, 6.45) is 2.20. The second kappa shape index (κ2) is 6.38. The second-order valence-electron chi connectivity index (χ2n) is 4.58. The summed E-state index contributed by atoms with van der Waals surface area (Å²) in [5.74, 6) is -0.313. The highest BCUT2D eigenvalue weighted by Crippen LogP contribution is 2.15. The van der Waals surface area contributed by atoms with Crippen molar-refractivity contribution in [2.45, 2.75) is 19.4 Å². The second-order valence-corrected chi connectivity index (χ2v) is 4.58. The zero-order chi connectivity index (χ0) is 14.5. The molecule has 1 aliphatic rings. The number of carbonyl (C=O) groups is 2. The van der Waals surface area contributed by atoms with E-state index >= 15 is 0 Å². The SMILES string of the molecule is CCCNC(=O)C1COCCN1C(=O)c1cn[nH]c1N. The lowest BCUT2D eigenvalue weighted by molar-refractivity contribution is -0.130. The number of nitrogens with one attached hydrogen (secondary N) is 2. The number of aromatic amines is 1. The maximum atomic E-state index is 12.4. The van der Waals surface area contributed by atoms with E-state index in [0.717, 1.165) is 6.42 Å². The van der Waals surface area contributed by atoms with E-state index in [9.17, 15) is 9.59 Å². The maximum Gasteiger partial charge on any atom is 0.260 e. The Labute approximate surface area is 116 Å². The highest BCUT2D eigenvalue weighted by molar-refractivity contribution is 6.00. The molecular formula is C12H19N5O3. The standard InChI is InChI=1S/C12H19N5O3/c1-2-3-14-11(18)9-7-20-5-4-17(9)12(19)8-6-15-16-10(8)13/h6,9H,2-5,7H2,1H3,(H,14,18)(H3,13,15,16). The largest absolute Gasteiger partial charge is 0.383 e. The normalized spacial score (nSPS) is 18.9. The molecule has 1 aliphatic heterocycles. The number of rotatable bonds is 4. The van der Waals surface area contributed by atoms with Crippen LogP contribution in [0.3, 0.4) is 0 Å². The molecule has 0 aliphatic carbocycles. The number of carbonyl (C=O) groups excluding carboxylic acids is 2. The molecular weight excluding hydrogens is 262 g/mol. The molecule has 1 saturated heterocycles. The van der Waals surface area contributed by atoms with Crippen molar-refractivity contribution in [3.63, 3.8) is 0 Å². The van der Waals surface area contributed by atoms with Crippen LogP contribution in [0.25, 0.3) is 0 Å². The third-order valence-corrected chi connectivity index (χ3v) is 3.14. The van der Waals surface area contributed by atoms with Crippen molar-refractivity contribution in [2.24, 2.45) is 0 Å². The van der Waals surface area contributed by atoms with E-state index in [1.165, 1.54) is 11.1 Å². The van der Waals surface area contributed by atoms with Gasteiger partial charge >= 0.3 is 0 Å². The fourth-order valence-electron chi connectivity index (χ4n) is 2.05. The number of hydrogen-bond acceptors (Lipinski definition) is 5. The van der Waals surface area contributed by atoms with Gasteiger partial charge in [-0.05, 0) is 6.42 Å². The molecule has 4 N–H and O–H groups in total. The Hall–Kier alpha value is -2.09. The van der Waals surface area contributed by atoms with E-state index in [0.29, 0.717) is 19.7 Å². The lowest BCUT2D eigenvalue weighted by atomic mass is 10.1. The average molecular weight is 281 g/mol. The van der Waals surface area contributed by atoms with E-state index in [1.807, 2.05) is 6.92 Å². The highest BCUT2D eigenvalue weighted by Gasteiger charge is 2.34. The van der Waals surface area contributed by atoms with Crippen molar-refractivity contribution in [3.8, 4) is 0 Å². The van der Waals surface area contributed by atoms with Gasteiger partial charge in [-0.15, -0.1) is 0 Å². The molecule has 2 heterocycles. The van der Waals surface area contributed by atoms with Crippen LogP contribution in [0.1, 0.15) is 23.7 Å². The summed E-state index contributed by atoms with van der Waals surface area (Å²) in [4.78, 5) is 26.0. The van der Waals surface area contributed by atoms with Gasteiger partial charge in [0.15, 0.2) is 0 Å². The lowest BCUT2D eigenvalue weighted by Gasteiger charge is -2.34. The molecule has 0 spiro atoms. The summed E-state index contributed by atoms with van der Waals surface area (Å²) in [6, 6.07) is -0.628. The van der Waals surface area contributed by atoms with Gasteiger partial charge < -0.3 is 20.7 Å². The molecule has 1 atom stereocenters. The van der Waals surface area contributed by atoms with Crippen LogP contribution in [0.15, 0.2) is 6.20 Å². The molecule has 2 rings (SSSR count). The van der Waals surface area contributed by atoms with Crippen molar-refractivity contribution in [3.05, 3.63) is 11.8 Å². The molecule has 0 bridgehead atoms. The summed E-state index contributed by atoms with van der Waals surface area (Å²) in [5, 5.41) is 9.02. The van der Waals surface area contributed by atoms with Crippen LogP contribution in [0, 0.1) is 0 Å². The Kier molecular flexibility index (Phi) is 4.57. The number of morpholine rings is 1. The van der Waals surface area contributed by atoms with Crippen LogP contribution < -0.4 is 11.1 Å². The molecule has 20 heavy (non-hydrogen) atoms. The number of aromatic nitrogens is 2. The molecule has 0 aromatic carbocycles. The highest BCUT2D eigenvalue weighted by atomic mass is 16.5. The predicted molar refractivity (Wildman–Crippen MR) is 71.9 cm³/mol. The molecule has 2 amide bonds. The van der Waals surface area contributed by atoms with Gasteiger partial charge in [0.25, 0.3) is 5.91 Å². The zero-order valence-corrected chi connectivity index (χ0v) is 11.4. The van der Waals surface area contributed by atoms with Gasteiger partial charge in [0.2, 0.25) is 5.91 Å². The zero-order valence-electron chi connectivity index (χ0n) is 11.4. The molecule has 1 aromatic heterocycles. The average Bonchev–Trinajstić information content (AvgIpc) is 2.90. The number of nitrogens with two attached hydrogens (primary N) is 1. The van der Waals surface area contributed by atoms with Gasteiger partial charge in [0.05, 0.1) is 19.4 Å². The smallest absolute Gasteiger partial charge is 0.260 e. The molecule has 1 unspecified atom stereocenters. The van der Waals surface area contributed by atoms with E-state index in [-0.39, 0.29) is 29.8 Å². The van der Waals surface area contributed by atoms with Crippen LogP contribution >= 0.6 is 0 Å². The van der Waals surface area contributed by atoms with Crippen LogP contribution in [0.2, 0.25) is 0 Å². The first-order chi connectivity index (χ1) is 9.65. The molecule has 1 fully saturated rings. The fourth-order valence-corrected chi connectivity index (χ4v) is 2.05. The predicted octanol–water partition coefficient (Wildman–Crippen LogP) is -0.641. The molecule has 8 heteroatoms. The topological polar surface area (TPSA) is 113 Å². The quantitative estimate of drug-likeness (QED) is 0.679. The van der Waals surface area contributed by atoms with Crippen LogP contribution in [0.4, 0.5) is 5.82 Å². The van der Waals surface area contributed by atoms with E-state index in [1.54, 1.807) is 0 Å². The summed E-state index contributed by atoms with van der Waals surface area (Å²) in [7, 11) is 0. The minimum atomic E-state index is -0.628. The monoisotopic (exact) mass is 281 g/mol. The summed E-state index contributed by atoms with van der Waals surface area (Å²) in [6.45, 7) is 3.49. The molecule has 0 radical (unpaired) electrons. The summed E-state index contributed by atoms with van der Waals surface area (Å²) < 4.78 is 5.30. The first-order valence-electron chi connectivity index (χ1n) is 6.60. The molecule has 1 aromatic rings. The van der Waals surface area contributed by atoms with Gasteiger partial charge in [0.1, 0.15) is 17.4 Å². The van der Waals surface area contributed by atoms with Crippen molar-refractivity contribution < 1.29 is 14.3 Å². The van der Waals surface area contributed by atoms with Crippen LogP contribution in [-0.2, 0) is 9.53 Å². The summed E-state index contributed by atoms with van der Waals surface area (Å²) in [5.41, 5.74) is 5.93. The first-order valence-corrected chi connectivity index (χ1v) is 6.60. The number of H-pyrrole nitrogens is 1. The summed E-state index contributed by atoms with van der Waals surface area (Å²) >= 11 is 0. The van der Waals surface area contributed by atoms with E-state index in [2.05, 4.69) is 15.5 Å². The Morgan fingerprint density at radius 1 is 1.65 bits per heavy atom. The Morgan fingerprint density at radius 3 is 3.10 bits per heavy atom. The van der Waals surface area contributed by atoms with Gasteiger partial charge in [-0.3, -0.25) is 14.7 Å². The molecule has 110 valence electrons. The minimum absolute atomic E-state index is 0.193. The van der Waals surface area contributed by atoms with Gasteiger partial charge in [-0.2, -0.15) is 5.10 Å². The number of hydrogen-bond donors (Lipinski definition) is 3. The van der Waals surface area contributed by atoms with Gasteiger partial charge in [0, 0.05) is 13.1 Å². The third-order valence-electron chi connectivity index (χ3n) is 3.14. The Morgan fingerprint density at radius 2 is 2.45 bits per heavy atom. The minimum Gasteiger partial charge on any atom is -0.383 e. The fraction of sp³-hybridized carbons (Fsp3) is 0.583. The van der Waals surface area contributed by atoms with E-state index < -0.39 is 6.04 Å². The van der Waals surface area contributed by atoms with Gasteiger partial charge in [-0.1, -0.05) is 6.92 Å². The van der Waals surface area contributed by atoms with Crippen molar-refractivity contribution in [1.82, 2.24) is 20.4 Å². The van der Waals surface area contributed by atoms with Crippen molar-refractivity contribution in [2.75, 3.05) is 32.0 Å². The number of ether oxygens (including phenoxy) is 1. The number of anilines is 1. The molecule has 0 saturated carbocycles. The Bertz CT molecular complexity index is 487. The molecule has 8 nitrogen and oxygen atoms in total. The van der Waals surface area contributed by atoms with Gasteiger partial charge in [-0.25, -0.2) is 0 Å². The van der Waals surface area contributed by atoms with Crippen LogP contribution in [0.5, 0.6) is 0 Å². The van der Waals surface area contributed by atoms with Crippen molar-refractivity contribution in [1.29, 1.82) is 0 Å². The van der Waals surface area contributed by atoms with Crippen molar-refractivity contribution >= 4 is 17.6 Å². The van der Waals surface area contributed by atoms with Crippen LogP contribution in [-0.4, -0.2) is 59.3 Å². The maximum absolute atomic E-state index is 12.4. The third kappa shape index (κ3) is 2.90. The lowest BCUT2D eigenvalue weighted by Crippen LogP contribution is -2.56. The number of nitrogens with zero attached hydrogens (tertiary/aromatic N) is 2. The Balaban J connectivity index is 2.12. The number of amides is 2. The van der Waals surface area contributed by atoms with E-state index in [4.69, 9.17) is 10.5 Å². The number of nitrogen functional groups attached to an aromatic ring is 1. The first kappa shape index (κ1) is 14.3.